The number of hydrogen-bond acceptors (Lipinski definition) is 1. The van der Waals surface area contributed by atoms with Gasteiger partial charge in [-0.05, 0) is 41.8 Å². The lowest BCUT2D eigenvalue weighted by Gasteiger charge is -2.16. The van der Waals surface area contributed by atoms with Crippen LogP contribution in [0.4, 0.5) is 0 Å². The quantitative estimate of drug-likeness (QED) is 0.547. The predicted molar refractivity (Wildman–Crippen MR) is 89.6 cm³/mol. The Morgan fingerprint density at radius 2 is 1.75 bits per heavy atom. The Balaban J connectivity index is 2.50. The van der Waals surface area contributed by atoms with Crippen LogP contribution in [0.5, 0.6) is 5.75 Å². The smallest absolute Gasteiger partial charge is 0.138 e. The lowest BCUT2D eigenvalue weighted by Crippen LogP contribution is -1.98. The number of hydrogen-bond donors (Lipinski definition) is 0. The highest BCUT2D eigenvalue weighted by Gasteiger charge is 2.19. The summed E-state index contributed by atoms with van der Waals surface area (Å²) in [6.07, 6.45) is 0. The van der Waals surface area contributed by atoms with Crippen molar-refractivity contribution in [3.63, 3.8) is 0 Å². The van der Waals surface area contributed by atoms with Gasteiger partial charge in [0.2, 0.25) is 0 Å². The van der Waals surface area contributed by atoms with Gasteiger partial charge in [0, 0.05) is 15.6 Å². The molecule has 2 rings (SSSR count). The molecule has 1 nitrogen and oxygen atoms in total. The van der Waals surface area contributed by atoms with Crippen molar-refractivity contribution in [2.45, 2.75) is 12.3 Å². The zero-order valence-electron chi connectivity index (χ0n) is 10.9. The van der Waals surface area contributed by atoms with Gasteiger partial charge in [0.05, 0.1) is 17.5 Å². The molecule has 2 aromatic carbocycles. The molecule has 0 aromatic heterocycles. The highest BCUT2D eigenvalue weighted by Crippen LogP contribution is 2.40. The van der Waals surface area contributed by atoms with E-state index in [2.05, 4.69) is 15.9 Å². The van der Waals surface area contributed by atoms with E-state index in [1.807, 2.05) is 25.1 Å². The van der Waals surface area contributed by atoms with Crippen molar-refractivity contribution in [1.82, 2.24) is 0 Å². The van der Waals surface area contributed by atoms with Crippen LogP contribution in [0.1, 0.15) is 22.1 Å². The van der Waals surface area contributed by atoms with Crippen LogP contribution in [0.3, 0.4) is 0 Å². The maximum atomic E-state index is 6.58. The lowest BCUT2D eigenvalue weighted by atomic mass is 10.00. The van der Waals surface area contributed by atoms with E-state index in [0.717, 1.165) is 21.2 Å². The molecule has 20 heavy (non-hydrogen) atoms. The van der Waals surface area contributed by atoms with E-state index in [1.165, 1.54) is 0 Å². The number of rotatable bonds is 3. The summed E-state index contributed by atoms with van der Waals surface area (Å²) in [5.41, 5.74) is 2.85. The first kappa shape index (κ1) is 16.0. The van der Waals surface area contributed by atoms with Gasteiger partial charge in [-0.25, -0.2) is 0 Å². The zero-order chi connectivity index (χ0) is 14.9. The van der Waals surface area contributed by atoms with Crippen LogP contribution in [0.2, 0.25) is 10.0 Å². The third-order valence-corrected chi connectivity index (χ3v) is 4.64. The van der Waals surface area contributed by atoms with Gasteiger partial charge in [-0.1, -0.05) is 45.2 Å². The van der Waals surface area contributed by atoms with Crippen LogP contribution < -0.4 is 4.74 Å². The van der Waals surface area contributed by atoms with E-state index in [1.54, 1.807) is 19.2 Å². The Labute approximate surface area is 141 Å². The minimum absolute atomic E-state index is 0.372. The van der Waals surface area contributed by atoms with Crippen LogP contribution in [-0.4, -0.2) is 7.11 Å². The molecule has 0 saturated heterocycles. The molecule has 0 N–H and O–H groups in total. The molecule has 0 bridgehead atoms. The van der Waals surface area contributed by atoms with Crippen molar-refractivity contribution in [2.24, 2.45) is 0 Å². The molecule has 0 heterocycles. The van der Waals surface area contributed by atoms with Gasteiger partial charge < -0.3 is 4.74 Å². The Kier molecular flexibility index (Phi) is 5.25. The summed E-state index contributed by atoms with van der Waals surface area (Å²) in [5, 5.41) is 0.652. The van der Waals surface area contributed by atoms with Crippen LogP contribution >= 0.6 is 50.7 Å². The summed E-state index contributed by atoms with van der Waals surface area (Å²) in [5.74, 6) is 0.537. The van der Waals surface area contributed by atoms with Crippen LogP contribution in [-0.2, 0) is 0 Å². The fourth-order valence-electron chi connectivity index (χ4n) is 1.95. The van der Waals surface area contributed by atoms with Gasteiger partial charge in [0.25, 0.3) is 0 Å². The average Bonchev–Trinajstić information content (AvgIpc) is 2.42. The molecular formula is C15H12BrCl3O. The molecule has 5 heteroatoms. The van der Waals surface area contributed by atoms with Crippen molar-refractivity contribution in [2.75, 3.05) is 7.11 Å². The van der Waals surface area contributed by atoms with E-state index in [-0.39, 0.29) is 5.38 Å². The van der Waals surface area contributed by atoms with Gasteiger partial charge in [0.15, 0.2) is 0 Å². The molecule has 0 aliphatic rings. The Hall–Kier alpha value is -0.410. The zero-order valence-corrected chi connectivity index (χ0v) is 14.7. The lowest BCUT2D eigenvalue weighted by molar-refractivity contribution is 0.415. The standard InChI is InChI=1S/C15H12BrCl3O/c1-8-3-4-9(16)5-10(8)15(19)11-6-13(18)14(20-2)7-12(11)17/h3-7,15H,1-2H3. The maximum Gasteiger partial charge on any atom is 0.138 e. The topological polar surface area (TPSA) is 9.23 Å². The molecule has 0 radical (unpaired) electrons. The van der Waals surface area contributed by atoms with Gasteiger partial charge >= 0.3 is 0 Å². The molecular weight excluding hydrogens is 382 g/mol. The van der Waals surface area contributed by atoms with Crippen molar-refractivity contribution in [3.05, 3.63) is 61.5 Å². The van der Waals surface area contributed by atoms with Crippen molar-refractivity contribution < 1.29 is 4.74 Å². The number of halogens is 4. The summed E-state index contributed by atoms with van der Waals surface area (Å²) in [6, 6.07) is 9.41. The van der Waals surface area contributed by atoms with Crippen molar-refractivity contribution in [3.8, 4) is 5.75 Å². The van der Waals surface area contributed by atoms with Gasteiger partial charge in [0.1, 0.15) is 5.75 Å². The SMILES string of the molecule is COc1cc(Cl)c(C(Cl)c2cc(Br)ccc2C)cc1Cl. The molecule has 106 valence electrons. The van der Waals surface area contributed by atoms with E-state index in [0.29, 0.717) is 15.8 Å². The summed E-state index contributed by atoms with van der Waals surface area (Å²) < 4.78 is 6.11. The largest absolute Gasteiger partial charge is 0.495 e. The fraction of sp³-hybridized carbons (Fsp3) is 0.200. The first-order chi connectivity index (χ1) is 9.43. The van der Waals surface area contributed by atoms with Crippen LogP contribution in [0.25, 0.3) is 0 Å². The summed E-state index contributed by atoms with van der Waals surface area (Å²) >= 11 is 22.5. The fourth-order valence-corrected chi connectivity index (χ4v) is 3.31. The number of methoxy groups -OCH3 is 1. The Morgan fingerprint density at radius 1 is 1.05 bits per heavy atom. The number of ether oxygens (including phenoxy) is 1. The molecule has 0 aliphatic carbocycles. The van der Waals surface area contributed by atoms with Gasteiger partial charge in [-0.2, -0.15) is 0 Å². The Morgan fingerprint density at radius 3 is 2.40 bits per heavy atom. The summed E-state index contributed by atoms with van der Waals surface area (Å²) in [6.45, 7) is 2.01. The number of alkyl halides is 1. The third kappa shape index (κ3) is 3.25. The van der Waals surface area contributed by atoms with E-state index >= 15 is 0 Å². The van der Waals surface area contributed by atoms with Crippen LogP contribution in [0, 0.1) is 6.92 Å². The average molecular weight is 395 g/mol. The molecule has 0 saturated carbocycles. The second kappa shape index (κ2) is 6.57. The highest BCUT2D eigenvalue weighted by atomic mass is 79.9. The summed E-state index contributed by atoms with van der Waals surface area (Å²) in [7, 11) is 1.55. The third-order valence-electron chi connectivity index (χ3n) is 3.06. The van der Waals surface area contributed by atoms with E-state index in [4.69, 9.17) is 39.5 Å². The monoisotopic (exact) mass is 392 g/mol. The van der Waals surface area contributed by atoms with E-state index < -0.39 is 0 Å². The molecule has 0 fully saturated rings. The second-order valence-electron chi connectivity index (χ2n) is 4.37. The molecule has 0 aliphatic heterocycles. The van der Waals surface area contributed by atoms with Crippen molar-refractivity contribution >= 4 is 50.7 Å². The molecule has 0 spiro atoms. The molecule has 1 atom stereocenters. The normalized spacial score (nSPS) is 12.3. The molecule has 1 unspecified atom stereocenters. The van der Waals surface area contributed by atoms with Gasteiger partial charge in [-0.15, -0.1) is 11.6 Å². The molecule has 2 aromatic rings. The highest BCUT2D eigenvalue weighted by molar-refractivity contribution is 9.10. The van der Waals surface area contributed by atoms with Crippen molar-refractivity contribution in [1.29, 1.82) is 0 Å². The second-order valence-corrected chi connectivity index (χ2v) is 6.54. The Bertz CT molecular complexity index is 643. The number of benzene rings is 2. The first-order valence-electron chi connectivity index (χ1n) is 5.87. The van der Waals surface area contributed by atoms with Gasteiger partial charge in [-0.3, -0.25) is 0 Å². The maximum absolute atomic E-state index is 6.58. The summed E-state index contributed by atoms with van der Waals surface area (Å²) in [4.78, 5) is 0. The molecule has 0 amide bonds. The first-order valence-corrected chi connectivity index (χ1v) is 7.85. The minimum atomic E-state index is -0.372. The number of aryl methyl sites for hydroxylation is 1. The van der Waals surface area contributed by atoms with E-state index in [9.17, 15) is 0 Å². The minimum Gasteiger partial charge on any atom is -0.495 e. The predicted octanol–water partition coefficient (Wildman–Crippen LogP) is 6.40. The van der Waals surface area contributed by atoms with Crippen LogP contribution in [0.15, 0.2) is 34.8 Å².